The third-order valence-electron chi connectivity index (χ3n) is 2.94. The number of carbonyl (C=O) groups excluding carboxylic acids is 1. The van der Waals surface area contributed by atoms with Crippen molar-refractivity contribution >= 4 is 24.0 Å². The molecule has 6 heteroatoms. The normalized spacial score (nSPS) is 19.0. The molecule has 2 heterocycles. The quantitative estimate of drug-likeness (QED) is 0.829. The van der Waals surface area contributed by atoms with Gasteiger partial charge in [0.2, 0.25) is 0 Å². The monoisotopic (exact) mass is 270 g/mol. The minimum Gasteiger partial charge on any atom is -0.367 e. The lowest BCUT2D eigenvalue weighted by atomic mass is 10.2. The Bertz CT molecular complexity index is 396. The second-order valence-electron chi connectivity index (χ2n) is 4.28. The average Bonchev–Trinajstić information content (AvgIpc) is 2.38. The van der Waals surface area contributed by atoms with Crippen molar-refractivity contribution in [3.05, 3.63) is 24.0 Å². The summed E-state index contributed by atoms with van der Waals surface area (Å²) in [6.45, 7) is 5.10. The van der Waals surface area contributed by atoms with Gasteiger partial charge in [0.15, 0.2) is 0 Å². The Labute approximate surface area is 113 Å². The minimum absolute atomic E-state index is 0. The molecule has 1 aromatic rings. The molecule has 0 aromatic carbocycles. The molecule has 1 fully saturated rings. The van der Waals surface area contributed by atoms with Gasteiger partial charge in [-0.1, -0.05) is 0 Å². The van der Waals surface area contributed by atoms with Crippen LogP contribution in [-0.4, -0.2) is 43.6 Å². The molecule has 0 bridgehead atoms. The van der Waals surface area contributed by atoms with Gasteiger partial charge in [0.25, 0.3) is 5.91 Å². The van der Waals surface area contributed by atoms with Crippen molar-refractivity contribution in [3.8, 4) is 0 Å². The van der Waals surface area contributed by atoms with E-state index in [4.69, 9.17) is 0 Å². The van der Waals surface area contributed by atoms with Gasteiger partial charge in [0.1, 0.15) is 5.69 Å². The van der Waals surface area contributed by atoms with Crippen LogP contribution in [0.1, 0.15) is 17.4 Å². The maximum Gasteiger partial charge on any atom is 0.269 e. The molecule has 1 atom stereocenters. The van der Waals surface area contributed by atoms with Crippen molar-refractivity contribution in [2.24, 2.45) is 0 Å². The van der Waals surface area contributed by atoms with Crippen LogP contribution in [-0.2, 0) is 0 Å². The molecule has 0 spiro atoms. The number of amides is 1. The van der Waals surface area contributed by atoms with Gasteiger partial charge in [-0.15, -0.1) is 12.4 Å². The molecule has 100 valence electrons. The fraction of sp³-hybridized carbons (Fsp3) is 0.500. The summed E-state index contributed by atoms with van der Waals surface area (Å²) in [5.74, 6) is -0.148. The largest absolute Gasteiger partial charge is 0.367 e. The van der Waals surface area contributed by atoms with Gasteiger partial charge in [-0.05, 0) is 19.1 Å². The van der Waals surface area contributed by atoms with Crippen LogP contribution in [0.4, 0.5) is 5.69 Å². The lowest BCUT2D eigenvalue weighted by Gasteiger charge is -2.33. The third kappa shape index (κ3) is 3.34. The smallest absolute Gasteiger partial charge is 0.269 e. The summed E-state index contributed by atoms with van der Waals surface area (Å²) in [7, 11) is 1.61. The van der Waals surface area contributed by atoms with E-state index in [9.17, 15) is 4.79 Å². The van der Waals surface area contributed by atoms with Crippen LogP contribution in [0.25, 0.3) is 0 Å². The summed E-state index contributed by atoms with van der Waals surface area (Å²) >= 11 is 0. The fourth-order valence-corrected chi connectivity index (χ4v) is 2.00. The van der Waals surface area contributed by atoms with E-state index in [2.05, 4.69) is 27.4 Å². The highest BCUT2D eigenvalue weighted by atomic mass is 35.5. The van der Waals surface area contributed by atoms with Crippen LogP contribution in [0.3, 0.4) is 0 Å². The Balaban J connectivity index is 0.00000162. The number of hydrogen-bond donors (Lipinski definition) is 2. The highest BCUT2D eigenvalue weighted by Gasteiger charge is 2.16. The molecule has 18 heavy (non-hydrogen) atoms. The zero-order valence-corrected chi connectivity index (χ0v) is 11.5. The van der Waals surface area contributed by atoms with Crippen molar-refractivity contribution in [2.75, 3.05) is 31.6 Å². The van der Waals surface area contributed by atoms with E-state index in [1.54, 1.807) is 19.3 Å². The van der Waals surface area contributed by atoms with E-state index >= 15 is 0 Å². The summed E-state index contributed by atoms with van der Waals surface area (Å²) in [6, 6.07) is 4.21. The molecule has 1 aromatic heterocycles. The SMILES string of the molecule is CNC(=O)c1ccc(N2CCNC(C)C2)cn1.Cl. The van der Waals surface area contributed by atoms with Crippen molar-refractivity contribution in [1.82, 2.24) is 15.6 Å². The van der Waals surface area contributed by atoms with E-state index in [0.29, 0.717) is 11.7 Å². The number of halogens is 1. The molecule has 1 amide bonds. The molecule has 1 unspecified atom stereocenters. The van der Waals surface area contributed by atoms with Gasteiger partial charge in [-0.25, -0.2) is 4.98 Å². The van der Waals surface area contributed by atoms with Crippen LogP contribution in [0.15, 0.2) is 18.3 Å². The summed E-state index contributed by atoms with van der Waals surface area (Å²) in [6.07, 6.45) is 1.77. The Morgan fingerprint density at radius 3 is 2.89 bits per heavy atom. The number of nitrogens with zero attached hydrogens (tertiary/aromatic N) is 2. The molecule has 1 aliphatic heterocycles. The zero-order chi connectivity index (χ0) is 12.3. The van der Waals surface area contributed by atoms with Crippen molar-refractivity contribution in [3.63, 3.8) is 0 Å². The van der Waals surface area contributed by atoms with Gasteiger partial charge in [0.05, 0.1) is 11.9 Å². The molecule has 0 saturated carbocycles. The Kier molecular flexibility index (Phi) is 5.37. The topological polar surface area (TPSA) is 57.3 Å². The molecule has 5 nitrogen and oxygen atoms in total. The van der Waals surface area contributed by atoms with Crippen LogP contribution in [0.5, 0.6) is 0 Å². The first-order chi connectivity index (χ1) is 8.20. The fourth-order valence-electron chi connectivity index (χ4n) is 2.00. The van der Waals surface area contributed by atoms with Gasteiger partial charge in [-0.3, -0.25) is 4.79 Å². The number of pyridine rings is 1. The molecule has 2 rings (SSSR count). The van der Waals surface area contributed by atoms with Crippen molar-refractivity contribution in [1.29, 1.82) is 0 Å². The summed E-state index contributed by atoms with van der Waals surface area (Å²) in [5, 5.41) is 5.96. The maximum atomic E-state index is 11.4. The molecular weight excluding hydrogens is 252 g/mol. The van der Waals surface area contributed by atoms with E-state index in [-0.39, 0.29) is 18.3 Å². The molecule has 1 aliphatic rings. The predicted molar refractivity (Wildman–Crippen MR) is 74.6 cm³/mol. The second-order valence-corrected chi connectivity index (χ2v) is 4.28. The first-order valence-electron chi connectivity index (χ1n) is 5.87. The van der Waals surface area contributed by atoms with Gasteiger partial charge >= 0.3 is 0 Å². The Hall–Kier alpha value is -1.33. The van der Waals surface area contributed by atoms with Gasteiger partial charge in [0, 0.05) is 32.7 Å². The van der Waals surface area contributed by atoms with Gasteiger partial charge < -0.3 is 15.5 Å². The second kappa shape index (κ2) is 6.56. The van der Waals surface area contributed by atoms with Crippen LogP contribution in [0.2, 0.25) is 0 Å². The highest BCUT2D eigenvalue weighted by molar-refractivity contribution is 5.92. The molecular formula is C12H19ClN4O. The van der Waals surface area contributed by atoms with E-state index in [0.717, 1.165) is 25.3 Å². The molecule has 1 saturated heterocycles. The number of hydrogen-bond acceptors (Lipinski definition) is 4. The number of nitrogens with one attached hydrogen (secondary N) is 2. The third-order valence-corrected chi connectivity index (χ3v) is 2.94. The Morgan fingerprint density at radius 1 is 1.56 bits per heavy atom. The number of aromatic nitrogens is 1. The first-order valence-corrected chi connectivity index (χ1v) is 5.87. The predicted octanol–water partition coefficient (Wildman–Crippen LogP) is 0.661. The zero-order valence-electron chi connectivity index (χ0n) is 10.6. The number of carbonyl (C=O) groups is 1. The maximum absolute atomic E-state index is 11.4. The van der Waals surface area contributed by atoms with E-state index in [1.165, 1.54) is 0 Å². The Morgan fingerprint density at radius 2 is 2.33 bits per heavy atom. The lowest BCUT2D eigenvalue weighted by molar-refractivity contribution is 0.0958. The summed E-state index contributed by atoms with van der Waals surface area (Å²) < 4.78 is 0. The number of piperazine rings is 1. The summed E-state index contributed by atoms with van der Waals surface area (Å²) in [4.78, 5) is 17.8. The highest BCUT2D eigenvalue weighted by Crippen LogP contribution is 2.14. The van der Waals surface area contributed by atoms with Crippen LogP contribution in [0, 0.1) is 0 Å². The standard InChI is InChI=1S/C12H18N4O.ClH/c1-9-8-16(6-5-14-9)10-3-4-11(15-7-10)12(17)13-2;/h3-4,7,9,14H,5-6,8H2,1-2H3,(H,13,17);1H. The molecule has 0 radical (unpaired) electrons. The molecule has 2 N–H and O–H groups in total. The molecule has 0 aliphatic carbocycles. The average molecular weight is 271 g/mol. The van der Waals surface area contributed by atoms with Crippen LogP contribution >= 0.6 is 12.4 Å². The summed E-state index contributed by atoms with van der Waals surface area (Å²) in [5.41, 5.74) is 1.53. The van der Waals surface area contributed by atoms with Crippen molar-refractivity contribution in [2.45, 2.75) is 13.0 Å². The van der Waals surface area contributed by atoms with Gasteiger partial charge in [-0.2, -0.15) is 0 Å². The van der Waals surface area contributed by atoms with Crippen LogP contribution < -0.4 is 15.5 Å². The first kappa shape index (κ1) is 14.7. The van der Waals surface area contributed by atoms with E-state index < -0.39 is 0 Å². The number of anilines is 1. The number of rotatable bonds is 2. The lowest BCUT2D eigenvalue weighted by Crippen LogP contribution is -2.49. The van der Waals surface area contributed by atoms with E-state index in [1.807, 2.05) is 6.07 Å². The van der Waals surface area contributed by atoms with Crippen molar-refractivity contribution < 1.29 is 4.79 Å². The minimum atomic E-state index is -0.148.